The lowest BCUT2D eigenvalue weighted by Crippen LogP contribution is -2.37. The Morgan fingerprint density at radius 1 is 1.52 bits per heavy atom. The summed E-state index contributed by atoms with van der Waals surface area (Å²) in [6.07, 6.45) is 0.0985. The van der Waals surface area contributed by atoms with Gasteiger partial charge in [-0.15, -0.1) is 11.3 Å². The molecule has 0 unspecified atom stereocenters. The zero-order valence-corrected chi connectivity index (χ0v) is 13.3. The van der Waals surface area contributed by atoms with Crippen molar-refractivity contribution < 1.29 is 14.3 Å². The summed E-state index contributed by atoms with van der Waals surface area (Å²) in [5, 5.41) is 1.94. The average Bonchev–Trinajstić information content (AvgIpc) is 3.16. The number of hydrogen-bond donors (Lipinski definition) is 0. The minimum atomic E-state index is 0.0985. The standard InChI is InChI=1S/C15H22N2O3S/c1-16(2)5-6-20-13-8-17(12-10-19-9-11(12)13)15(18)14-4-3-7-21-14/h3-4,7,11-13H,5-6,8-10H2,1-2H3/t11-,12+,13-/m1/s1. The zero-order valence-electron chi connectivity index (χ0n) is 12.5. The van der Waals surface area contributed by atoms with Crippen molar-refractivity contribution in [3.8, 4) is 0 Å². The maximum Gasteiger partial charge on any atom is 0.264 e. The largest absolute Gasteiger partial charge is 0.379 e. The van der Waals surface area contributed by atoms with Crippen LogP contribution in [0.3, 0.4) is 0 Å². The Morgan fingerprint density at radius 3 is 3.10 bits per heavy atom. The van der Waals surface area contributed by atoms with Crippen LogP contribution < -0.4 is 0 Å². The van der Waals surface area contributed by atoms with Gasteiger partial charge in [0.15, 0.2) is 0 Å². The topological polar surface area (TPSA) is 42.0 Å². The van der Waals surface area contributed by atoms with Crippen LogP contribution in [0.25, 0.3) is 0 Å². The van der Waals surface area contributed by atoms with Crippen molar-refractivity contribution >= 4 is 17.2 Å². The number of carbonyl (C=O) groups excluding carboxylic acids is 1. The minimum absolute atomic E-state index is 0.0985. The molecule has 1 amide bonds. The molecule has 0 radical (unpaired) electrons. The van der Waals surface area contributed by atoms with E-state index in [9.17, 15) is 4.79 Å². The van der Waals surface area contributed by atoms with Crippen LogP contribution in [0.4, 0.5) is 0 Å². The normalized spacial score (nSPS) is 28.3. The summed E-state index contributed by atoms with van der Waals surface area (Å²) < 4.78 is 11.6. The van der Waals surface area contributed by atoms with Gasteiger partial charge in [0.05, 0.1) is 36.8 Å². The van der Waals surface area contributed by atoms with Gasteiger partial charge in [0.25, 0.3) is 5.91 Å². The molecule has 5 nitrogen and oxygen atoms in total. The number of carbonyl (C=O) groups is 1. The molecule has 0 aromatic carbocycles. The van der Waals surface area contributed by atoms with Gasteiger partial charge < -0.3 is 19.3 Å². The van der Waals surface area contributed by atoms with E-state index in [0.29, 0.717) is 32.3 Å². The maximum absolute atomic E-state index is 12.6. The van der Waals surface area contributed by atoms with Gasteiger partial charge in [-0.3, -0.25) is 4.79 Å². The van der Waals surface area contributed by atoms with Gasteiger partial charge in [-0.1, -0.05) is 6.07 Å². The van der Waals surface area contributed by atoms with Gasteiger partial charge in [-0.25, -0.2) is 0 Å². The van der Waals surface area contributed by atoms with Crippen molar-refractivity contribution in [2.24, 2.45) is 5.92 Å². The smallest absolute Gasteiger partial charge is 0.264 e. The highest BCUT2D eigenvalue weighted by molar-refractivity contribution is 7.12. The second-order valence-electron chi connectivity index (χ2n) is 5.92. The molecule has 3 rings (SSSR count). The Bertz CT molecular complexity index is 477. The molecule has 3 atom stereocenters. The van der Waals surface area contributed by atoms with Crippen LogP contribution >= 0.6 is 11.3 Å². The third-order valence-electron chi connectivity index (χ3n) is 4.21. The number of fused-ring (bicyclic) bond motifs is 1. The number of amides is 1. The second kappa shape index (κ2) is 6.44. The van der Waals surface area contributed by atoms with Crippen molar-refractivity contribution in [3.05, 3.63) is 22.4 Å². The Morgan fingerprint density at radius 2 is 2.38 bits per heavy atom. The predicted molar refractivity (Wildman–Crippen MR) is 81.7 cm³/mol. The molecule has 116 valence electrons. The molecule has 6 heteroatoms. The van der Waals surface area contributed by atoms with Gasteiger partial charge >= 0.3 is 0 Å². The molecule has 2 fully saturated rings. The number of hydrogen-bond acceptors (Lipinski definition) is 5. The van der Waals surface area contributed by atoms with Crippen LogP contribution in [0.5, 0.6) is 0 Å². The molecule has 2 saturated heterocycles. The van der Waals surface area contributed by atoms with Gasteiger partial charge in [0, 0.05) is 19.0 Å². The number of nitrogens with zero attached hydrogens (tertiary/aromatic N) is 2. The highest BCUT2D eigenvalue weighted by Gasteiger charge is 2.48. The van der Waals surface area contributed by atoms with E-state index in [1.54, 1.807) is 0 Å². The number of likely N-dealkylation sites (N-methyl/N-ethyl adjacent to an activating group) is 1. The summed E-state index contributed by atoms with van der Waals surface area (Å²) in [7, 11) is 4.07. The fraction of sp³-hybridized carbons (Fsp3) is 0.667. The first kappa shape index (κ1) is 15.0. The molecule has 0 bridgehead atoms. The third-order valence-corrected chi connectivity index (χ3v) is 5.07. The van der Waals surface area contributed by atoms with Crippen molar-refractivity contribution in [2.75, 3.05) is 47.0 Å². The summed E-state index contributed by atoms with van der Waals surface area (Å²) in [6, 6.07) is 3.98. The molecule has 3 heterocycles. The van der Waals surface area contributed by atoms with Crippen LogP contribution in [0.15, 0.2) is 17.5 Å². The Hall–Kier alpha value is -0.950. The SMILES string of the molecule is CN(C)CCO[C@@H]1CN(C(=O)c2cccs2)[C@H]2COC[C@@H]12. The lowest BCUT2D eigenvalue weighted by atomic mass is 10.0. The van der Waals surface area contributed by atoms with Crippen LogP contribution in [-0.2, 0) is 9.47 Å². The van der Waals surface area contributed by atoms with Gasteiger partial charge in [-0.05, 0) is 25.5 Å². The van der Waals surface area contributed by atoms with E-state index in [1.165, 1.54) is 11.3 Å². The van der Waals surface area contributed by atoms with E-state index in [4.69, 9.17) is 9.47 Å². The Balaban J connectivity index is 1.65. The van der Waals surface area contributed by atoms with E-state index >= 15 is 0 Å². The molecule has 2 aliphatic heterocycles. The highest BCUT2D eigenvalue weighted by atomic mass is 32.1. The first-order chi connectivity index (χ1) is 10.2. The second-order valence-corrected chi connectivity index (χ2v) is 6.86. The molecule has 0 aliphatic carbocycles. The summed E-state index contributed by atoms with van der Waals surface area (Å²) in [5.41, 5.74) is 0. The number of ether oxygens (including phenoxy) is 2. The zero-order chi connectivity index (χ0) is 14.8. The van der Waals surface area contributed by atoms with Crippen LogP contribution in [0, 0.1) is 5.92 Å². The average molecular weight is 310 g/mol. The Kier molecular flexibility index (Phi) is 4.59. The number of thiophene rings is 1. The molecule has 0 N–H and O–H groups in total. The summed E-state index contributed by atoms with van der Waals surface area (Å²) in [4.78, 5) is 17.4. The molecule has 21 heavy (non-hydrogen) atoms. The van der Waals surface area contributed by atoms with Crippen molar-refractivity contribution in [1.29, 1.82) is 0 Å². The Labute approximate surface area is 129 Å². The lowest BCUT2D eigenvalue weighted by molar-refractivity contribution is 0.0136. The van der Waals surface area contributed by atoms with Gasteiger partial charge in [0.2, 0.25) is 0 Å². The lowest BCUT2D eigenvalue weighted by Gasteiger charge is -2.21. The van der Waals surface area contributed by atoms with Crippen LogP contribution in [0.2, 0.25) is 0 Å². The quantitative estimate of drug-likeness (QED) is 0.819. The third kappa shape index (κ3) is 3.13. The summed E-state index contributed by atoms with van der Waals surface area (Å²) in [5.74, 6) is 0.431. The first-order valence-electron chi connectivity index (χ1n) is 7.35. The van der Waals surface area contributed by atoms with Crippen LogP contribution in [-0.4, -0.2) is 74.9 Å². The first-order valence-corrected chi connectivity index (χ1v) is 8.23. The van der Waals surface area contributed by atoms with E-state index in [-0.39, 0.29) is 18.1 Å². The monoisotopic (exact) mass is 310 g/mol. The molecule has 2 aliphatic rings. The minimum Gasteiger partial charge on any atom is -0.379 e. The van der Waals surface area contributed by atoms with Crippen LogP contribution in [0.1, 0.15) is 9.67 Å². The fourth-order valence-corrected chi connectivity index (χ4v) is 3.72. The van der Waals surface area contributed by atoms with E-state index in [2.05, 4.69) is 4.90 Å². The van der Waals surface area contributed by atoms with Crippen molar-refractivity contribution in [3.63, 3.8) is 0 Å². The number of rotatable bonds is 5. The van der Waals surface area contributed by atoms with Crippen molar-refractivity contribution in [2.45, 2.75) is 12.1 Å². The number of likely N-dealkylation sites (tertiary alicyclic amines) is 1. The highest BCUT2D eigenvalue weighted by Crippen LogP contribution is 2.33. The molecule has 0 spiro atoms. The molecule has 0 saturated carbocycles. The molecule has 1 aromatic rings. The van der Waals surface area contributed by atoms with Gasteiger partial charge in [-0.2, -0.15) is 0 Å². The maximum atomic E-state index is 12.6. The predicted octanol–water partition coefficient (Wildman–Crippen LogP) is 1.17. The molecular formula is C15H22N2O3S. The fourth-order valence-electron chi connectivity index (χ4n) is 3.04. The van der Waals surface area contributed by atoms with Gasteiger partial charge in [0.1, 0.15) is 0 Å². The van der Waals surface area contributed by atoms with E-state index in [1.807, 2.05) is 36.5 Å². The van der Waals surface area contributed by atoms with Crippen molar-refractivity contribution in [1.82, 2.24) is 9.80 Å². The summed E-state index contributed by atoms with van der Waals surface area (Å²) in [6.45, 7) is 3.61. The van der Waals surface area contributed by atoms with E-state index < -0.39 is 0 Å². The van der Waals surface area contributed by atoms with E-state index in [0.717, 1.165) is 11.4 Å². The summed E-state index contributed by atoms with van der Waals surface area (Å²) >= 11 is 1.50. The molecule has 1 aromatic heterocycles. The molecular weight excluding hydrogens is 288 g/mol.